The fourth-order valence-corrected chi connectivity index (χ4v) is 3.22. The zero-order valence-electron chi connectivity index (χ0n) is 10.4. The van der Waals surface area contributed by atoms with Gasteiger partial charge in [0.1, 0.15) is 12.2 Å². The van der Waals surface area contributed by atoms with Crippen molar-refractivity contribution in [3.05, 3.63) is 34.6 Å². The maximum absolute atomic E-state index is 13.8. The lowest BCUT2D eigenvalue weighted by Gasteiger charge is -2.29. The van der Waals surface area contributed by atoms with Crippen LogP contribution in [0.5, 0.6) is 0 Å². The molecule has 2 rings (SSSR count). The molecule has 4 nitrogen and oxygen atoms in total. The third-order valence-electron chi connectivity index (χ3n) is 2.62. The fraction of sp³-hybridized carbons (Fsp3) is 0.500. The first-order valence-corrected chi connectivity index (χ1v) is 7.74. The lowest BCUT2D eigenvalue weighted by molar-refractivity contribution is 0.0831. The summed E-state index contributed by atoms with van der Waals surface area (Å²) in [5.41, 5.74) is 5.81. The minimum absolute atomic E-state index is 0.311. The number of halogens is 2. The molecule has 1 aromatic rings. The Morgan fingerprint density at radius 1 is 1.53 bits per heavy atom. The van der Waals surface area contributed by atoms with E-state index in [0.717, 1.165) is 0 Å². The smallest absolute Gasteiger partial charge is 0.198 e. The molecule has 1 aliphatic rings. The van der Waals surface area contributed by atoms with Gasteiger partial charge in [-0.25, -0.2) is 4.39 Å². The number of hydrogen-bond acceptors (Lipinski definition) is 4. The monoisotopic (exact) mass is 307 g/mol. The van der Waals surface area contributed by atoms with Crippen LogP contribution < -0.4 is 5.73 Å². The molecule has 2 unspecified atom stereocenters. The molecule has 2 atom stereocenters. The molecular weight excluding hydrogens is 292 g/mol. The lowest BCUT2D eigenvalue weighted by atomic mass is 10.1. The van der Waals surface area contributed by atoms with Gasteiger partial charge < -0.3 is 19.5 Å². The van der Waals surface area contributed by atoms with E-state index in [0.29, 0.717) is 43.1 Å². The second-order valence-corrected chi connectivity index (χ2v) is 5.87. The van der Waals surface area contributed by atoms with Crippen LogP contribution >= 0.6 is 20.0 Å². The number of ether oxygens (including phenoxy) is 1. The van der Waals surface area contributed by atoms with Gasteiger partial charge in [0.05, 0.1) is 19.3 Å². The Balaban J connectivity index is 1.98. The summed E-state index contributed by atoms with van der Waals surface area (Å²) >= 11 is 5.89. The SMILES string of the molecule is NCCOCP1OCCC(c2cc(Cl)ccc2F)O1. The first-order valence-electron chi connectivity index (χ1n) is 6.00. The molecule has 1 aliphatic heterocycles. The van der Waals surface area contributed by atoms with Crippen LogP contribution in [0.2, 0.25) is 5.02 Å². The second-order valence-electron chi connectivity index (χ2n) is 4.04. The first-order chi connectivity index (χ1) is 9.20. The van der Waals surface area contributed by atoms with Gasteiger partial charge in [-0.2, -0.15) is 0 Å². The van der Waals surface area contributed by atoms with E-state index in [4.69, 9.17) is 31.1 Å². The van der Waals surface area contributed by atoms with E-state index in [9.17, 15) is 4.39 Å². The summed E-state index contributed by atoms with van der Waals surface area (Å²) in [4.78, 5) is 0. The van der Waals surface area contributed by atoms with Crippen molar-refractivity contribution in [1.82, 2.24) is 0 Å². The van der Waals surface area contributed by atoms with E-state index in [1.807, 2.05) is 0 Å². The molecular formula is C12H16ClFNO3P. The Morgan fingerprint density at radius 2 is 2.37 bits per heavy atom. The van der Waals surface area contributed by atoms with Crippen molar-refractivity contribution in [3.63, 3.8) is 0 Å². The van der Waals surface area contributed by atoms with Crippen LogP contribution in [0.25, 0.3) is 0 Å². The zero-order valence-corrected chi connectivity index (χ0v) is 12.0. The maximum Gasteiger partial charge on any atom is 0.198 e. The molecule has 19 heavy (non-hydrogen) atoms. The minimum atomic E-state index is -1.16. The summed E-state index contributed by atoms with van der Waals surface area (Å²) < 4.78 is 30.3. The van der Waals surface area contributed by atoms with Crippen molar-refractivity contribution in [3.8, 4) is 0 Å². The Labute approximate surface area is 117 Å². The molecule has 1 heterocycles. The van der Waals surface area contributed by atoms with Crippen molar-refractivity contribution in [2.45, 2.75) is 12.5 Å². The van der Waals surface area contributed by atoms with Crippen molar-refractivity contribution in [2.75, 3.05) is 26.1 Å². The predicted molar refractivity (Wildman–Crippen MR) is 72.6 cm³/mol. The molecule has 0 bridgehead atoms. The Bertz CT molecular complexity index is 424. The molecule has 1 saturated heterocycles. The molecule has 0 radical (unpaired) electrons. The average Bonchev–Trinajstić information content (AvgIpc) is 2.42. The molecule has 106 valence electrons. The van der Waals surface area contributed by atoms with Crippen molar-refractivity contribution in [2.24, 2.45) is 5.73 Å². The molecule has 0 amide bonds. The quantitative estimate of drug-likeness (QED) is 0.670. The second kappa shape index (κ2) is 7.48. The van der Waals surface area contributed by atoms with Gasteiger partial charge >= 0.3 is 0 Å². The van der Waals surface area contributed by atoms with Crippen LogP contribution in [-0.4, -0.2) is 26.1 Å². The normalized spacial score (nSPS) is 23.5. The van der Waals surface area contributed by atoms with Gasteiger partial charge in [0, 0.05) is 23.6 Å². The standard InChI is InChI=1S/C12H16ClFNO3P/c13-9-1-2-11(14)10(7-9)12-3-5-17-19(18-12)8-16-6-4-15/h1-2,7,12H,3-6,8,15H2. The van der Waals surface area contributed by atoms with Crippen molar-refractivity contribution < 1.29 is 18.2 Å². The molecule has 0 aromatic heterocycles. The topological polar surface area (TPSA) is 53.7 Å². The highest BCUT2D eigenvalue weighted by molar-refractivity contribution is 7.47. The highest BCUT2D eigenvalue weighted by atomic mass is 35.5. The van der Waals surface area contributed by atoms with E-state index < -0.39 is 8.38 Å². The van der Waals surface area contributed by atoms with Crippen LogP contribution in [0.15, 0.2) is 18.2 Å². The Kier molecular flexibility index (Phi) is 5.95. The van der Waals surface area contributed by atoms with Crippen molar-refractivity contribution in [1.29, 1.82) is 0 Å². The van der Waals surface area contributed by atoms with Gasteiger partial charge in [-0.3, -0.25) is 0 Å². The average molecular weight is 308 g/mol. The first kappa shape index (κ1) is 15.1. The van der Waals surface area contributed by atoms with Gasteiger partial charge in [0.15, 0.2) is 8.38 Å². The summed E-state index contributed by atoms with van der Waals surface area (Å²) in [6.07, 6.45) is 0.623. The molecule has 7 heteroatoms. The highest BCUT2D eigenvalue weighted by Crippen LogP contribution is 2.49. The molecule has 0 saturated carbocycles. The van der Waals surface area contributed by atoms with Gasteiger partial charge in [-0.1, -0.05) is 11.6 Å². The number of hydrogen-bond donors (Lipinski definition) is 1. The van der Waals surface area contributed by atoms with E-state index in [2.05, 4.69) is 0 Å². The van der Waals surface area contributed by atoms with E-state index in [1.165, 1.54) is 12.1 Å². The zero-order chi connectivity index (χ0) is 13.7. The fourth-order valence-electron chi connectivity index (χ4n) is 1.75. The summed E-state index contributed by atoms with van der Waals surface area (Å²) in [6, 6.07) is 4.47. The van der Waals surface area contributed by atoms with Crippen LogP contribution in [-0.2, 0) is 13.8 Å². The van der Waals surface area contributed by atoms with E-state index >= 15 is 0 Å². The molecule has 1 aromatic carbocycles. The Hall–Kier alpha value is -0.290. The number of rotatable bonds is 5. The predicted octanol–water partition coefficient (Wildman–Crippen LogP) is 3.20. The third kappa shape index (κ3) is 4.35. The summed E-state index contributed by atoms with van der Waals surface area (Å²) in [7, 11) is -1.16. The summed E-state index contributed by atoms with van der Waals surface area (Å²) in [5.74, 6) is -0.311. The van der Waals surface area contributed by atoms with E-state index in [1.54, 1.807) is 6.07 Å². The van der Waals surface area contributed by atoms with Gasteiger partial charge in [-0.15, -0.1) is 0 Å². The largest absolute Gasteiger partial charge is 0.371 e. The van der Waals surface area contributed by atoms with E-state index in [-0.39, 0.29) is 11.9 Å². The molecule has 0 aliphatic carbocycles. The molecule has 1 fully saturated rings. The van der Waals surface area contributed by atoms with Crippen LogP contribution in [0.1, 0.15) is 18.1 Å². The Morgan fingerprint density at radius 3 is 3.16 bits per heavy atom. The van der Waals surface area contributed by atoms with Crippen LogP contribution in [0.3, 0.4) is 0 Å². The number of benzene rings is 1. The van der Waals surface area contributed by atoms with Crippen LogP contribution in [0, 0.1) is 5.82 Å². The summed E-state index contributed by atoms with van der Waals surface area (Å²) in [6.45, 7) is 1.44. The summed E-state index contributed by atoms with van der Waals surface area (Å²) in [5, 5.41) is 0.496. The maximum atomic E-state index is 13.8. The van der Waals surface area contributed by atoms with Gasteiger partial charge in [0.2, 0.25) is 0 Å². The van der Waals surface area contributed by atoms with Crippen molar-refractivity contribution >= 4 is 20.0 Å². The third-order valence-corrected chi connectivity index (χ3v) is 4.21. The molecule has 2 N–H and O–H groups in total. The van der Waals surface area contributed by atoms with Gasteiger partial charge in [0.25, 0.3) is 0 Å². The highest BCUT2D eigenvalue weighted by Gasteiger charge is 2.27. The lowest BCUT2D eigenvalue weighted by Crippen LogP contribution is -2.16. The molecule has 0 spiro atoms. The van der Waals surface area contributed by atoms with Gasteiger partial charge in [-0.05, 0) is 18.2 Å². The number of nitrogens with two attached hydrogens (primary N) is 1. The minimum Gasteiger partial charge on any atom is -0.371 e. The van der Waals surface area contributed by atoms with Crippen LogP contribution in [0.4, 0.5) is 4.39 Å².